The van der Waals surface area contributed by atoms with E-state index in [0.717, 1.165) is 24.8 Å². The van der Waals surface area contributed by atoms with E-state index in [1.165, 1.54) is 27.5 Å². The topological polar surface area (TPSA) is 17.8 Å². The molecule has 0 fully saturated rings. The Hall–Kier alpha value is -2.68. The van der Waals surface area contributed by atoms with E-state index in [-0.39, 0.29) is 6.67 Å². The molecule has 4 aromatic rings. The zero-order valence-electron chi connectivity index (χ0n) is 14.2. The van der Waals surface area contributed by atoms with Crippen LogP contribution >= 0.6 is 0 Å². The Morgan fingerprint density at radius 2 is 1.76 bits per heavy atom. The predicted molar refractivity (Wildman–Crippen MR) is 103 cm³/mol. The van der Waals surface area contributed by atoms with Crippen molar-refractivity contribution in [1.82, 2.24) is 9.55 Å². The molecule has 4 rings (SSSR count). The van der Waals surface area contributed by atoms with Crippen molar-refractivity contribution in [2.24, 2.45) is 0 Å². The second-order valence-corrected chi connectivity index (χ2v) is 6.43. The van der Waals surface area contributed by atoms with E-state index in [9.17, 15) is 4.39 Å². The molecule has 0 saturated heterocycles. The highest BCUT2D eigenvalue weighted by Crippen LogP contribution is 2.30. The van der Waals surface area contributed by atoms with E-state index in [1.54, 1.807) is 0 Å². The van der Waals surface area contributed by atoms with E-state index < -0.39 is 0 Å². The van der Waals surface area contributed by atoms with Crippen LogP contribution in [0.1, 0.15) is 19.3 Å². The number of aryl methyl sites for hydroxylation is 1. The van der Waals surface area contributed by atoms with Gasteiger partial charge in [0, 0.05) is 40.9 Å². The van der Waals surface area contributed by atoms with Crippen molar-refractivity contribution in [1.29, 1.82) is 0 Å². The predicted octanol–water partition coefficient (Wildman–Crippen LogP) is 6.00. The summed E-state index contributed by atoms with van der Waals surface area (Å²) in [6.07, 6.45) is 6.29. The molecule has 0 aliphatic rings. The number of halogens is 1. The smallest absolute Gasteiger partial charge is 0.0894 e. The van der Waals surface area contributed by atoms with Crippen LogP contribution in [0.25, 0.3) is 32.9 Å². The zero-order chi connectivity index (χ0) is 17.1. The Kier molecular flexibility index (Phi) is 4.47. The van der Waals surface area contributed by atoms with E-state index in [4.69, 9.17) is 0 Å². The third-order valence-corrected chi connectivity index (χ3v) is 4.76. The van der Waals surface area contributed by atoms with Crippen LogP contribution < -0.4 is 0 Å². The summed E-state index contributed by atoms with van der Waals surface area (Å²) in [7, 11) is 0. The number of alkyl halides is 1. The number of rotatable bonds is 6. The third kappa shape index (κ3) is 3.14. The number of para-hydroxylation sites is 1. The highest BCUT2D eigenvalue weighted by molar-refractivity contribution is 5.91. The van der Waals surface area contributed by atoms with Gasteiger partial charge in [0.05, 0.1) is 6.67 Å². The Balaban J connectivity index is 1.78. The Labute approximate surface area is 146 Å². The number of nitrogens with zero attached hydrogens (tertiary/aromatic N) is 2. The molecule has 2 heterocycles. The molecule has 0 radical (unpaired) electrons. The van der Waals surface area contributed by atoms with Gasteiger partial charge in [0.25, 0.3) is 0 Å². The van der Waals surface area contributed by atoms with Gasteiger partial charge in [-0.1, -0.05) is 30.3 Å². The lowest BCUT2D eigenvalue weighted by Crippen LogP contribution is -2.00. The fraction of sp³-hybridized carbons (Fsp3) is 0.227. The number of unbranched alkanes of at least 4 members (excludes halogenated alkanes) is 2. The van der Waals surface area contributed by atoms with Gasteiger partial charge in [-0.3, -0.25) is 9.37 Å². The van der Waals surface area contributed by atoms with Gasteiger partial charge in [-0.05, 0) is 54.5 Å². The summed E-state index contributed by atoms with van der Waals surface area (Å²) in [4.78, 5) is 4.19. The molecular formula is C22H21FN2. The standard InChI is InChI=1S/C22H21FN2/c23-11-4-1-5-13-25-21-7-3-2-6-18(21)15-22(25)19-8-9-20-16-24-12-10-17(20)14-19/h2-3,6-10,12,14-16H,1,4-5,11,13H2. The Bertz CT molecular complexity index is 1000. The molecule has 0 aliphatic carbocycles. The van der Waals surface area contributed by atoms with Crippen molar-refractivity contribution < 1.29 is 4.39 Å². The fourth-order valence-corrected chi connectivity index (χ4v) is 3.47. The molecule has 126 valence electrons. The van der Waals surface area contributed by atoms with Crippen LogP contribution in [-0.2, 0) is 6.54 Å². The zero-order valence-corrected chi connectivity index (χ0v) is 14.2. The molecule has 25 heavy (non-hydrogen) atoms. The number of hydrogen-bond donors (Lipinski definition) is 0. The minimum absolute atomic E-state index is 0.224. The minimum Gasteiger partial charge on any atom is -0.340 e. The maximum Gasteiger partial charge on any atom is 0.0894 e. The van der Waals surface area contributed by atoms with E-state index >= 15 is 0 Å². The van der Waals surface area contributed by atoms with Gasteiger partial charge in [-0.2, -0.15) is 0 Å². The lowest BCUT2D eigenvalue weighted by atomic mass is 10.1. The summed E-state index contributed by atoms with van der Waals surface area (Å²) in [5.74, 6) is 0. The van der Waals surface area contributed by atoms with Gasteiger partial charge in [-0.15, -0.1) is 0 Å². The molecule has 0 aliphatic heterocycles. The molecule has 0 spiro atoms. The van der Waals surface area contributed by atoms with Crippen LogP contribution in [0.5, 0.6) is 0 Å². The number of hydrogen-bond acceptors (Lipinski definition) is 1. The first kappa shape index (κ1) is 15.8. The van der Waals surface area contributed by atoms with Crippen LogP contribution in [0.15, 0.2) is 67.0 Å². The summed E-state index contributed by atoms with van der Waals surface area (Å²) in [5, 5.41) is 3.59. The second kappa shape index (κ2) is 7.06. The van der Waals surface area contributed by atoms with Gasteiger partial charge in [0.1, 0.15) is 0 Å². The average molecular weight is 332 g/mol. The number of fused-ring (bicyclic) bond motifs is 2. The summed E-state index contributed by atoms with van der Waals surface area (Å²) in [5.41, 5.74) is 3.67. The third-order valence-electron chi connectivity index (χ3n) is 4.76. The Morgan fingerprint density at radius 1 is 0.840 bits per heavy atom. The molecule has 0 amide bonds. The summed E-state index contributed by atoms with van der Waals surface area (Å²) in [6, 6.07) is 19.3. The minimum atomic E-state index is -0.224. The first-order valence-electron chi connectivity index (χ1n) is 8.85. The van der Waals surface area contributed by atoms with Crippen molar-refractivity contribution in [2.45, 2.75) is 25.8 Å². The molecular weight excluding hydrogens is 311 g/mol. The molecule has 3 heteroatoms. The summed E-state index contributed by atoms with van der Waals surface area (Å²) >= 11 is 0. The quantitative estimate of drug-likeness (QED) is 0.396. The molecule has 0 saturated carbocycles. The largest absolute Gasteiger partial charge is 0.340 e. The molecule has 0 unspecified atom stereocenters. The summed E-state index contributed by atoms with van der Waals surface area (Å²) < 4.78 is 14.8. The van der Waals surface area contributed by atoms with Crippen molar-refractivity contribution in [2.75, 3.05) is 6.67 Å². The van der Waals surface area contributed by atoms with Gasteiger partial charge in [-0.25, -0.2) is 0 Å². The second-order valence-electron chi connectivity index (χ2n) is 6.43. The SMILES string of the molecule is FCCCCCn1c(-c2ccc3cnccc3c2)cc2ccccc21. The lowest BCUT2D eigenvalue weighted by Gasteiger charge is -2.11. The van der Waals surface area contributed by atoms with Crippen molar-refractivity contribution in [3.8, 4) is 11.3 Å². The van der Waals surface area contributed by atoms with Crippen LogP contribution in [0, 0.1) is 0 Å². The highest BCUT2D eigenvalue weighted by atomic mass is 19.1. The number of aromatic nitrogens is 2. The van der Waals surface area contributed by atoms with Crippen LogP contribution in [-0.4, -0.2) is 16.2 Å². The molecule has 0 N–H and O–H groups in total. The lowest BCUT2D eigenvalue weighted by molar-refractivity contribution is 0.449. The van der Waals surface area contributed by atoms with Crippen molar-refractivity contribution >= 4 is 21.7 Å². The van der Waals surface area contributed by atoms with Crippen LogP contribution in [0.2, 0.25) is 0 Å². The number of pyridine rings is 1. The average Bonchev–Trinajstić information content (AvgIpc) is 3.03. The van der Waals surface area contributed by atoms with Gasteiger partial charge in [0.15, 0.2) is 0 Å². The highest BCUT2D eigenvalue weighted by Gasteiger charge is 2.11. The maximum atomic E-state index is 12.4. The Morgan fingerprint density at radius 3 is 2.68 bits per heavy atom. The van der Waals surface area contributed by atoms with Crippen molar-refractivity contribution in [3.63, 3.8) is 0 Å². The van der Waals surface area contributed by atoms with Gasteiger partial charge < -0.3 is 4.57 Å². The molecule has 2 nitrogen and oxygen atoms in total. The molecule has 0 atom stereocenters. The van der Waals surface area contributed by atoms with Gasteiger partial charge >= 0.3 is 0 Å². The van der Waals surface area contributed by atoms with Crippen LogP contribution in [0.4, 0.5) is 4.39 Å². The first-order valence-corrected chi connectivity index (χ1v) is 8.85. The first-order chi connectivity index (χ1) is 12.4. The normalized spacial score (nSPS) is 11.4. The van der Waals surface area contributed by atoms with E-state index in [2.05, 4.69) is 58.1 Å². The van der Waals surface area contributed by atoms with E-state index in [1.807, 2.05) is 18.5 Å². The van der Waals surface area contributed by atoms with Gasteiger partial charge in [0.2, 0.25) is 0 Å². The van der Waals surface area contributed by atoms with Crippen molar-refractivity contribution in [3.05, 3.63) is 67.0 Å². The summed E-state index contributed by atoms with van der Waals surface area (Å²) in [6.45, 7) is 0.690. The fourth-order valence-electron chi connectivity index (χ4n) is 3.47. The number of benzene rings is 2. The van der Waals surface area contributed by atoms with E-state index in [0.29, 0.717) is 6.42 Å². The monoisotopic (exact) mass is 332 g/mol. The molecule has 2 aromatic heterocycles. The maximum absolute atomic E-state index is 12.4. The molecule has 0 bridgehead atoms. The molecule has 2 aromatic carbocycles. The van der Waals surface area contributed by atoms with Crippen LogP contribution in [0.3, 0.4) is 0 Å².